The van der Waals surface area contributed by atoms with Gasteiger partial charge in [-0.25, -0.2) is 17.4 Å². The number of aryl methyl sites for hydroxylation is 3. The van der Waals surface area contributed by atoms with Gasteiger partial charge in [0, 0.05) is 23.3 Å². The highest BCUT2D eigenvalue weighted by atomic mass is 32.2. The van der Waals surface area contributed by atoms with Crippen LogP contribution in [0.4, 0.5) is 0 Å². The molecule has 0 aliphatic rings. The quantitative estimate of drug-likeness (QED) is 0.549. The van der Waals surface area contributed by atoms with E-state index in [-0.39, 0.29) is 4.90 Å². The van der Waals surface area contributed by atoms with Gasteiger partial charge in [0.25, 0.3) is 10.0 Å². The SMILES string of the molecule is Cc1ccc(S(=O)(=O)n2ccc3c(-c4c(C)noc4C)ccnc32)cc1. The molecule has 26 heavy (non-hydrogen) atoms. The van der Waals surface area contributed by atoms with Crippen LogP contribution in [0.25, 0.3) is 22.2 Å². The Kier molecular flexibility index (Phi) is 3.69. The summed E-state index contributed by atoms with van der Waals surface area (Å²) in [4.78, 5) is 4.54. The summed E-state index contributed by atoms with van der Waals surface area (Å²) in [7, 11) is -3.73. The lowest BCUT2D eigenvalue weighted by atomic mass is 10.0. The van der Waals surface area contributed by atoms with Crippen LogP contribution in [0.1, 0.15) is 17.0 Å². The Labute approximate surface area is 151 Å². The zero-order chi connectivity index (χ0) is 18.5. The molecule has 0 radical (unpaired) electrons. The van der Waals surface area contributed by atoms with Gasteiger partial charge in [0.05, 0.1) is 10.6 Å². The molecular weight excluding hydrogens is 350 g/mol. The molecule has 0 bridgehead atoms. The zero-order valence-corrected chi connectivity index (χ0v) is 15.4. The molecule has 0 aliphatic carbocycles. The molecule has 0 amide bonds. The highest BCUT2D eigenvalue weighted by Gasteiger charge is 2.22. The molecule has 3 aromatic heterocycles. The Morgan fingerprint density at radius 2 is 1.73 bits per heavy atom. The van der Waals surface area contributed by atoms with E-state index in [0.29, 0.717) is 11.4 Å². The lowest BCUT2D eigenvalue weighted by Crippen LogP contribution is -2.12. The minimum Gasteiger partial charge on any atom is -0.361 e. The first-order valence-electron chi connectivity index (χ1n) is 8.11. The molecule has 3 heterocycles. The Bertz CT molecular complexity index is 1200. The summed E-state index contributed by atoms with van der Waals surface area (Å²) < 4.78 is 32.6. The number of rotatable bonds is 3. The zero-order valence-electron chi connectivity index (χ0n) is 14.6. The maximum atomic E-state index is 13.0. The van der Waals surface area contributed by atoms with E-state index < -0.39 is 10.0 Å². The molecule has 0 saturated heterocycles. The van der Waals surface area contributed by atoms with Gasteiger partial charge in [-0.15, -0.1) is 0 Å². The van der Waals surface area contributed by atoms with Crippen LogP contribution in [0.3, 0.4) is 0 Å². The van der Waals surface area contributed by atoms with E-state index in [9.17, 15) is 8.42 Å². The molecule has 7 heteroatoms. The van der Waals surface area contributed by atoms with Crippen LogP contribution in [-0.4, -0.2) is 22.5 Å². The van der Waals surface area contributed by atoms with Crippen molar-refractivity contribution < 1.29 is 12.9 Å². The van der Waals surface area contributed by atoms with Crippen molar-refractivity contribution in [3.8, 4) is 11.1 Å². The first-order valence-corrected chi connectivity index (χ1v) is 9.55. The van der Waals surface area contributed by atoms with Gasteiger partial charge in [0.15, 0.2) is 5.65 Å². The third kappa shape index (κ3) is 2.43. The van der Waals surface area contributed by atoms with Crippen molar-refractivity contribution in [1.82, 2.24) is 14.1 Å². The number of fused-ring (bicyclic) bond motifs is 1. The lowest BCUT2D eigenvalue weighted by molar-refractivity contribution is 0.393. The van der Waals surface area contributed by atoms with Crippen molar-refractivity contribution in [2.75, 3.05) is 0 Å². The smallest absolute Gasteiger partial charge is 0.269 e. The topological polar surface area (TPSA) is 78.0 Å². The summed E-state index contributed by atoms with van der Waals surface area (Å²) in [5.74, 6) is 0.684. The molecule has 0 N–H and O–H groups in total. The average molecular weight is 367 g/mol. The highest BCUT2D eigenvalue weighted by molar-refractivity contribution is 7.90. The van der Waals surface area contributed by atoms with E-state index in [1.165, 1.54) is 10.2 Å². The van der Waals surface area contributed by atoms with Gasteiger partial charge >= 0.3 is 0 Å². The van der Waals surface area contributed by atoms with Crippen LogP contribution < -0.4 is 0 Å². The van der Waals surface area contributed by atoms with Gasteiger partial charge in [-0.05, 0) is 50.6 Å². The number of hydrogen-bond donors (Lipinski definition) is 0. The van der Waals surface area contributed by atoms with Crippen molar-refractivity contribution >= 4 is 21.1 Å². The van der Waals surface area contributed by atoms with Gasteiger partial charge in [0.2, 0.25) is 0 Å². The first kappa shape index (κ1) is 16.5. The van der Waals surface area contributed by atoms with Crippen LogP contribution >= 0.6 is 0 Å². The predicted octanol–water partition coefficient (Wildman–Crippen LogP) is 3.85. The maximum Gasteiger partial charge on any atom is 0.269 e. The molecule has 0 aliphatic heterocycles. The molecule has 0 spiro atoms. The van der Waals surface area contributed by atoms with Crippen molar-refractivity contribution in [2.24, 2.45) is 0 Å². The van der Waals surface area contributed by atoms with Crippen molar-refractivity contribution in [3.63, 3.8) is 0 Å². The van der Waals surface area contributed by atoms with Crippen LogP contribution in [0, 0.1) is 20.8 Å². The Morgan fingerprint density at radius 3 is 2.38 bits per heavy atom. The third-order valence-corrected chi connectivity index (χ3v) is 6.12. The number of pyridine rings is 1. The van der Waals surface area contributed by atoms with E-state index in [2.05, 4.69) is 10.1 Å². The molecule has 0 unspecified atom stereocenters. The number of aromatic nitrogens is 3. The molecular formula is C19H17N3O3S. The van der Waals surface area contributed by atoms with Crippen LogP contribution in [-0.2, 0) is 10.0 Å². The van der Waals surface area contributed by atoms with Crippen LogP contribution in [0.5, 0.6) is 0 Å². The fraction of sp³-hybridized carbons (Fsp3) is 0.158. The average Bonchev–Trinajstić information content (AvgIpc) is 3.19. The van der Waals surface area contributed by atoms with Gasteiger partial charge < -0.3 is 4.52 Å². The highest BCUT2D eigenvalue weighted by Crippen LogP contribution is 2.33. The first-order chi connectivity index (χ1) is 12.4. The molecule has 132 valence electrons. The minimum atomic E-state index is -3.73. The van der Waals surface area contributed by atoms with Gasteiger partial charge in [-0.1, -0.05) is 22.9 Å². The van der Waals surface area contributed by atoms with Gasteiger partial charge in [-0.2, -0.15) is 0 Å². The standard InChI is InChI=1S/C19H17N3O3S/c1-12-4-6-15(7-5-12)26(23,24)22-11-9-17-16(8-10-20-19(17)22)18-13(2)21-25-14(18)3/h4-11H,1-3H3. The van der Waals surface area contributed by atoms with Gasteiger partial charge in [0.1, 0.15) is 5.76 Å². The molecule has 0 saturated carbocycles. The third-order valence-electron chi connectivity index (χ3n) is 4.43. The van der Waals surface area contributed by atoms with Crippen LogP contribution in [0.2, 0.25) is 0 Å². The summed E-state index contributed by atoms with van der Waals surface area (Å²) in [6.45, 7) is 5.61. The number of benzene rings is 1. The fourth-order valence-corrected chi connectivity index (χ4v) is 4.42. The normalized spacial score (nSPS) is 12.0. The fourth-order valence-electron chi connectivity index (χ4n) is 3.12. The summed E-state index contributed by atoms with van der Waals surface area (Å²) in [5, 5.41) is 4.72. The maximum absolute atomic E-state index is 13.0. The second-order valence-corrected chi connectivity index (χ2v) is 8.04. The van der Waals surface area contributed by atoms with E-state index in [4.69, 9.17) is 4.52 Å². The molecule has 6 nitrogen and oxygen atoms in total. The summed E-state index contributed by atoms with van der Waals surface area (Å²) in [6, 6.07) is 10.4. The van der Waals surface area contributed by atoms with E-state index in [0.717, 1.165) is 27.8 Å². The monoisotopic (exact) mass is 367 g/mol. The number of nitrogens with zero attached hydrogens (tertiary/aromatic N) is 3. The number of hydrogen-bond acceptors (Lipinski definition) is 5. The molecule has 0 atom stereocenters. The van der Waals surface area contributed by atoms with E-state index in [1.807, 2.05) is 26.8 Å². The summed E-state index contributed by atoms with van der Waals surface area (Å²) >= 11 is 0. The minimum absolute atomic E-state index is 0.227. The van der Waals surface area contributed by atoms with Gasteiger partial charge in [-0.3, -0.25) is 0 Å². The Morgan fingerprint density at radius 1 is 1.00 bits per heavy atom. The summed E-state index contributed by atoms with van der Waals surface area (Å²) in [6.07, 6.45) is 3.14. The Balaban J connectivity index is 1.94. The lowest BCUT2D eigenvalue weighted by Gasteiger charge is -2.08. The molecule has 4 rings (SSSR count). The van der Waals surface area contributed by atoms with Crippen molar-refractivity contribution in [1.29, 1.82) is 0 Å². The van der Waals surface area contributed by atoms with Crippen molar-refractivity contribution in [2.45, 2.75) is 25.7 Å². The summed E-state index contributed by atoms with van der Waals surface area (Å²) in [5.41, 5.74) is 3.85. The predicted molar refractivity (Wildman–Crippen MR) is 98.5 cm³/mol. The second kappa shape index (κ2) is 5.81. The Hall–Kier alpha value is -2.93. The molecule has 4 aromatic rings. The van der Waals surface area contributed by atoms with E-state index in [1.54, 1.807) is 36.5 Å². The largest absolute Gasteiger partial charge is 0.361 e. The molecule has 1 aromatic carbocycles. The van der Waals surface area contributed by atoms with E-state index >= 15 is 0 Å². The second-order valence-electron chi connectivity index (χ2n) is 6.22. The van der Waals surface area contributed by atoms with Crippen LogP contribution in [0.15, 0.2) is 58.2 Å². The van der Waals surface area contributed by atoms with Crippen molar-refractivity contribution in [3.05, 3.63) is 65.8 Å². The molecule has 0 fully saturated rings.